The third kappa shape index (κ3) is 4.00. The fourth-order valence-electron chi connectivity index (χ4n) is 2.43. The molecule has 5 nitrogen and oxygen atoms in total. The van der Waals surface area contributed by atoms with Crippen molar-refractivity contribution in [1.29, 1.82) is 0 Å². The number of halogens is 2. The topological polar surface area (TPSA) is 66.8 Å². The number of hydrogen-bond donors (Lipinski definition) is 1. The van der Waals surface area contributed by atoms with Gasteiger partial charge in [0, 0.05) is 13.0 Å². The number of carboxylic acids is 1. The molecule has 0 spiro atoms. The molecule has 1 aliphatic rings. The van der Waals surface area contributed by atoms with Gasteiger partial charge < -0.3 is 14.7 Å². The average molecular weight is 313 g/mol. The van der Waals surface area contributed by atoms with E-state index in [1.165, 1.54) is 4.90 Å². The van der Waals surface area contributed by atoms with Crippen molar-refractivity contribution in [3.05, 3.63) is 35.4 Å². The van der Waals surface area contributed by atoms with Crippen LogP contribution in [0.25, 0.3) is 0 Å². The normalized spacial score (nSPS) is 21.7. The predicted molar refractivity (Wildman–Crippen MR) is 73.2 cm³/mol. The zero-order valence-corrected chi connectivity index (χ0v) is 12.1. The van der Waals surface area contributed by atoms with Crippen LogP contribution < -0.4 is 0 Å². The van der Waals surface area contributed by atoms with Gasteiger partial charge in [0.15, 0.2) is 6.10 Å². The van der Waals surface area contributed by atoms with Crippen molar-refractivity contribution >= 4 is 11.9 Å². The average Bonchev–Trinajstić information content (AvgIpc) is 2.47. The maximum absolute atomic E-state index is 13.5. The van der Waals surface area contributed by atoms with E-state index < -0.39 is 23.7 Å². The summed E-state index contributed by atoms with van der Waals surface area (Å²) in [6, 6.07) is 3.10. The molecule has 1 unspecified atom stereocenters. The highest BCUT2D eigenvalue weighted by Gasteiger charge is 2.32. The van der Waals surface area contributed by atoms with Crippen molar-refractivity contribution in [3.8, 4) is 0 Å². The lowest BCUT2D eigenvalue weighted by Crippen LogP contribution is -2.51. The molecule has 2 atom stereocenters. The van der Waals surface area contributed by atoms with E-state index in [4.69, 9.17) is 9.84 Å². The highest BCUT2D eigenvalue weighted by atomic mass is 19.1. The van der Waals surface area contributed by atoms with Crippen molar-refractivity contribution < 1.29 is 28.2 Å². The number of carboxylic acid groups (broad SMARTS) is 1. The lowest BCUT2D eigenvalue weighted by molar-refractivity contribution is -0.166. The molecule has 1 heterocycles. The molecule has 0 radical (unpaired) electrons. The first-order valence-corrected chi connectivity index (χ1v) is 6.96. The minimum absolute atomic E-state index is 0.0145. The Labute approximate surface area is 126 Å². The summed E-state index contributed by atoms with van der Waals surface area (Å²) in [5, 5.41) is 8.98. The van der Waals surface area contributed by atoms with Crippen molar-refractivity contribution in [2.45, 2.75) is 32.0 Å². The van der Waals surface area contributed by atoms with Crippen LogP contribution in [0.1, 0.15) is 18.9 Å². The van der Waals surface area contributed by atoms with Crippen LogP contribution >= 0.6 is 0 Å². The molecule has 1 fully saturated rings. The van der Waals surface area contributed by atoms with Crippen molar-refractivity contribution in [2.75, 3.05) is 13.1 Å². The summed E-state index contributed by atoms with van der Waals surface area (Å²) in [4.78, 5) is 24.5. The Morgan fingerprint density at radius 1 is 1.36 bits per heavy atom. The van der Waals surface area contributed by atoms with E-state index in [-0.39, 0.29) is 43.5 Å². The largest absolute Gasteiger partial charge is 0.479 e. The zero-order valence-electron chi connectivity index (χ0n) is 12.1. The summed E-state index contributed by atoms with van der Waals surface area (Å²) in [6.07, 6.45) is -1.39. The smallest absolute Gasteiger partial charge is 0.334 e. The second kappa shape index (κ2) is 6.83. The number of ether oxygens (including phenoxy) is 1. The molecule has 0 aromatic heterocycles. The van der Waals surface area contributed by atoms with Gasteiger partial charge in [0.25, 0.3) is 0 Å². The highest BCUT2D eigenvalue weighted by Crippen LogP contribution is 2.16. The number of morpholine rings is 1. The fraction of sp³-hybridized carbons (Fsp3) is 0.467. The Morgan fingerprint density at radius 2 is 2.09 bits per heavy atom. The lowest BCUT2D eigenvalue weighted by atomic mass is 10.1. The van der Waals surface area contributed by atoms with Gasteiger partial charge in [0.2, 0.25) is 5.91 Å². The predicted octanol–water partition coefficient (Wildman–Crippen LogP) is 1.60. The van der Waals surface area contributed by atoms with E-state index in [1.54, 1.807) is 6.92 Å². The van der Waals surface area contributed by atoms with Gasteiger partial charge in [-0.15, -0.1) is 0 Å². The molecule has 120 valence electrons. The second-order valence-electron chi connectivity index (χ2n) is 5.31. The first-order chi connectivity index (χ1) is 10.4. The Bertz CT molecular complexity index is 579. The second-order valence-corrected chi connectivity index (χ2v) is 5.31. The molecule has 2 rings (SSSR count). The summed E-state index contributed by atoms with van der Waals surface area (Å²) in [7, 11) is 0. The van der Waals surface area contributed by atoms with Gasteiger partial charge in [-0.05, 0) is 37.1 Å². The molecule has 1 aromatic carbocycles. The molecule has 1 N–H and O–H groups in total. The van der Waals surface area contributed by atoms with Gasteiger partial charge in [0.05, 0.1) is 12.6 Å². The number of benzene rings is 1. The zero-order chi connectivity index (χ0) is 16.3. The maximum atomic E-state index is 13.5. The van der Waals surface area contributed by atoms with E-state index >= 15 is 0 Å². The maximum Gasteiger partial charge on any atom is 0.334 e. The Kier molecular flexibility index (Phi) is 5.07. The van der Waals surface area contributed by atoms with Gasteiger partial charge >= 0.3 is 5.97 Å². The SMILES string of the molecule is C[C@@H]1CN(C(=O)CCc2cc(F)ccc2F)CC(C(=O)O)O1. The molecule has 22 heavy (non-hydrogen) atoms. The monoisotopic (exact) mass is 313 g/mol. The lowest BCUT2D eigenvalue weighted by Gasteiger charge is -2.35. The van der Waals surface area contributed by atoms with Crippen LogP contribution in [-0.4, -0.2) is 47.2 Å². The standard InChI is InChI=1S/C15H17F2NO4/c1-9-7-18(8-13(22-9)15(20)21)14(19)5-2-10-6-11(16)3-4-12(10)17/h3-4,6,9,13H,2,5,7-8H2,1H3,(H,20,21)/t9-,13?/m1/s1. The molecular weight excluding hydrogens is 296 g/mol. The van der Waals surface area contributed by atoms with Gasteiger partial charge in [-0.2, -0.15) is 0 Å². The summed E-state index contributed by atoms with van der Waals surface area (Å²) in [5.74, 6) is -2.55. The Balaban J connectivity index is 1.96. The number of carbonyl (C=O) groups excluding carboxylic acids is 1. The van der Waals surface area contributed by atoms with Gasteiger partial charge in [-0.3, -0.25) is 4.79 Å². The third-order valence-electron chi connectivity index (χ3n) is 3.50. The van der Waals surface area contributed by atoms with Crippen molar-refractivity contribution in [3.63, 3.8) is 0 Å². The van der Waals surface area contributed by atoms with E-state index in [0.717, 1.165) is 18.2 Å². The van der Waals surface area contributed by atoms with Crippen molar-refractivity contribution in [1.82, 2.24) is 4.90 Å². The van der Waals surface area contributed by atoms with E-state index in [0.29, 0.717) is 0 Å². The Hall–Kier alpha value is -2.02. The number of aliphatic carboxylic acids is 1. The van der Waals surface area contributed by atoms with Crippen LogP contribution in [-0.2, 0) is 20.7 Å². The van der Waals surface area contributed by atoms with E-state index in [9.17, 15) is 18.4 Å². The molecule has 1 aromatic rings. The van der Waals surface area contributed by atoms with E-state index in [1.807, 2.05) is 0 Å². The summed E-state index contributed by atoms with van der Waals surface area (Å²) >= 11 is 0. The number of carbonyl (C=O) groups is 2. The van der Waals surface area contributed by atoms with Crippen LogP contribution in [0.3, 0.4) is 0 Å². The first kappa shape index (κ1) is 16.4. The molecule has 7 heteroatoms. The summed E-state index contributed by atoms with van der Waals surface area (Å²) in [5.41, 5.74) is 0.129. The molecule has 1 amide bonds. The number of nitrogens with zero attached hydrogens (tertiary/aromatic N) is 1. The molecule has 0 saturated carbocycles. The minimum atomic E-state index is -1.12. The third-order valence-corrected chi connectivity index (χ3v) is 3.50. The molecule has 1 saturated heterocycles. The highest BCUT2D eigenvalue weighted by molar-refractivity contribution is 5.79. The fourth-order valence-corrected chi connectivity index (χ4v) is 2.43. The van der Waals surface area contributed by atoms with Gasteiger partial charge in [0.1, 0.15) is 11.6 Å². The summed E-state index contributed by atoms with van der Waals surface area (Å²) in [6.45, 7) is 1.93. The van der Waals surface area contributed by atoms with Crippen LogP contribution in [0, 0.1) is 11.6 Å². The van der Waals surface area contributed by atoms with Gasteiger partial charge in [-0.1, -0.05) is 0 Å². The number of amides is 1. The van der Waals surface area contributed by atoms with Crippen LogP contribution in [0.15, 0.2) is 18.2 Å². The van der Waals surface area contributed by atoms with Crippen LogP contribution in [0.5, 0.6) is 0 Å². The summed E-state index contributed by atoms with van der Waals surface area (Å²) < 4.78 is 31.8. The quantitative estimate of drug-likeness (QED) is 0.917. The molecular formula is C15H17F2NO4. The van der Waals surface area contributed by atoms with Crippen LogP contribution in [0.4, 0.5) is 8.78 Å². The van der Waals surface area contributed by atoms with Gasteiger partial charge in [-0.25, -0.2) is 13.6 Å². The van der Waals surface area contributed by atoms with E-state index in [2.05, 4.69) is 0 Å². The number of rotatable bonds is 4. The number of hydrogen-bond acceptors (Lipinski definition) is 3. The minimum Gasteiger partial charge on any atom is -0.479 e. The number of aryl methyl sites for hydroxylation is 1. The van der Waals surface area contributed by atoms with Crippen molar-refractivity contribution in [2.24, 2.45) is 0 Å². The first-order valence-electron chi connectivity index (χ1n) is 6.96. The molecule has 0 aliphatic carbocycles. The Morgan fingerprint density at radius 3 is 2.77 bits per heavy atom. The van der Waals surface area contributed by atoms with Crippen LogP contribution in [0.2, 0.25) is 0 Å². The molecule has 0 bridgehead atoms. The molecule has 1 aliphatic heterocycles.